The zero-order valence-electron chi connectivity index (χ0n) is 13.6. The van der Waals surface area contributed by atoms with Crippen molar-refractivity contribution in [2.24, 2.45) is 5.41 Å². The van der Waals surface area contributed by atoms with Gasteiger partial charge in [0.2, 0.25) is 0 Å². The van der Waals surface area contributed by atoms with E-state index in [2.05, 4.69) is 4.90 Å². The maximum atomic E-state index is 11.8. The van der Waals surface area contributed by atoms with E-state index < -0.39 is 0 Å². The van der Waals surface area contributed by atoms with E-state index in [1.807, 2.05) is 18.2 Å². The van der Waals surface area contributed by atoms with E-state index in [0.717, 1.165) is 50.9 Å². The molecule has 1 saturated carbocycles. The van der Waals surface area contributed by atoms with Crippen LogP contribution in [0.1, 0.15) is 31.2 Å². The van der Waals surface area contributed by atoms with E-state index in [1.165, 1.54) is 17.1 Å². The molecule has 2 fully saturated rings. The van der Waals surface area contributed by atoms with Crippen LogP contribution in [-0.4, -0.2) is 45.9 Å². The Morgan fingerprint density at radius 2 is 1.75 bits per heavy atom. The van der Waals surface area contributed by atoms with Crippen LogP contribution in [0, 0.1) is 5.41 Å². The molecule has 5 heteroatoms. The van der Waals surface area contributed by atoms with E-state index in [1.54, 1.807) is 6.07 Å². The Kier molecular flexibility index (Phi) is 3.68. The van der Waals surface area contributed by atoms with Crippen LogP contribution in [0.2, 0.25) is 0 Å². The Labute approximate surface area is 141 Å². The van der Waals surface area contributed by atoms with Gasteiger partial charge in [-0.2, -0.15) is 0 Å². The fourth-order valence-corrected chi connectivity index (χ4v) is 4.40. The van der Waals surface area contributed by atoms with Crippen LogP contribution in [0.15, 0.2) is 36.4 Å². The molecule has 1 aliphatic carbocycles. The zero-order chi connectivity index (χ0) is 16.7. The molecule has 2 heterocycles. The smallest absolute Gasteiger partial charge is 0.253 e. The fourth-order valence-electron chi connectivity index (χ4n) is 4.40. The highest BCUT2D eigenvalue weighted by molar-refractivity contribution is 6.13. The van der Waals surface area contributed by atoms with Crippen LogP contribution in [0.5, 0.6) is 5.75 Å². The molecule has 5 nitrogen and oxygen atoms in total. The number of carbonyl (C=O) groups excluding carboxylic acids is 2. The molecule has 1 aromatic rings. The monoisotopic (exact) mass is 326 g/mol. The van der Waals surface area contributed by atoms with Crippen LogP contribution < -0.4 is 0 Å². The molecule has 1 aromatic carbocycles. The number of hydrogen-bond acceptors (Lipinski definition) is 4. The van der Waals surface area contributed by atoms with Crippen molar-refractivity contribution in [1.82, 2.24) is 9.80 Å². The fraction of sp³-hybridized carbons (Fsp3) is 0.474. The van der Waals surface area contributed by atoms with Crippen molar-refractivity contribution in [2.45, 2.75) is 38.3 Å². The summed E-state index contributed by atoms with van der Waals surface area (Å²) in [5.41, 5.74) is 1.44. The third-order valence-electron chi connectivity index (χ3n) is 5.78. The second-order valence-corrected chi connectivity index (χ2v) is 7.39. The molecule has 1 N–H and O–H groups in total. The quantitative estimate of drug-likeness (QED) is 0.864. The number of rotatable bonds is 3. The average molecular weight is 326 g/mol. The number of phenolic OH excluding ortho intramolecular Hbond substituents is 1. The topological polar surface area (TPSA) is 60.9 Å². The SMILES string of the molecule is O=C1C=CC(=O)N1C1CC2(CCN(Cc3cccc(O)c3)CC2)C1. The first-order chi connectivity index (χ1) is 11.5. The van der Waals surface area contributed by atoms with Gasteiger partial charge in [0, 0.05) is 24.7 Å². The van der Waals surface area contributed by atoms with Crippen LogP contribution >= 0.6 is 0 Å². The summed E-state index contributed by atoms with van der Waals surface area (Å²) >= 11 is 0. The van der Waals surface area contributed by atoms with Crippen LogP contribution in [0.25, 0.3) is 0 Å². The Bertz CT molecular complexity index is 678. The molecular formula is C19H22N2O3. The van der Waals surface area contributed by atoms with Gasteiger partial charge in [0.1, 0.15) is 5.75 Å². The summed E-state index contributed by atoms with van der Waals surface area (Å²) < 4.78 is 0. The highest BCUT2D eigenvalue weighted by atomic mass is 16.3. The van der Waals surface area contributed by atoms with Crippen molar-refractivity contribution in [1.29, 1.82) is 0 Å². The average Bonchev–Trinajstić information content (AvgIpc) is 2.85. The van der Waals surface area contributed by atoms with Gasteiger partial charge >= 0.3 is 0 Å². The van der Waals surface area contributed by atoms with Crippen molar-refractivity contribution in [2.75, 3.05) is 13.1 Å². The van der Waals surface area contributed by atoms with Crippen molar-refractivity contribution in [3.63, 3.8) is 0 Å². The molecule has 1 saturated heterocycles. The molecule has 2 amide bonds. The number of amides is 2. The molecule has 2 aliphatic heterocycles. The van der Waals surface area contributed by atoms with Crippen LogP contribution in [0.4, 0.5) is 0 Å². The third kappa shape index (κ3) is 2.73. The minimum absolute atomic E-state index is 0.0950. The summed E-state index contributed by atoms with van der Waals surface area (Å²) in [4.78, 5) is 27.4. The second kappa shape index (κ2) is 5.74. The van der Waals surface area contributed by atoms with E-state index >= 15 is 0 Å². The van der Waals surface area contributed by atoms with E-state index in [0.29, 0.717) is 11.2 Å². The predicted molar refractivity (Wildman–Crippen MR) is 89.1 cm³/mol. The first kappa shape index (κ1) is 15.4. The summed E-state index contributed by atoms with van der Waals surface area (Å²) in [6.45, 7) is 2.92. The molecule has 0 bridgehead atoms. The largest absolute Gasteiger partial charge is 0.508 e. The lowest BCUT2D eigenvalue weighted by Gasteiger charge is -2.54. The number of nitrogens with zero attached hydrogens (tertiary/aromatic N) is 2. The van der Waals surface area contributed by atoms with E-state index in [4.69, 9.17) is 0 Å². The standard InChI is InChI=1S/C19H22N2O3/c22-16-3-1-2-14(10-16)13-20-8-6-19(7-9-20)11-15(12-19)21-17(23)4-5-18(21)24/h1-5,10,15,22H,6-9,11-13H2. The minimum atomic E-state index is -0.152. The number of benzene rings is 1. The van der Waals surface area contributed by atoms with Gasteiger partial charge in [-0.25, -0.2) is 0 Å². The maximum Gasteiger partial charge on any atom is 0.253 e. The van der Waals surface area contributed by atoms with Crippen LogP contribution in [0.3, 0.4) is 0 Å². The van der Waals surface area contributed by atoms with Gasteiger partial charge in [-0.1, -0.05) is 12.1 Å². The minimum Gasteiger partial charge on any atom is -0.508 e. The lowest BCUT2D eigenvalue weighted by Crippen LogP contribution is -2.56. The normalized spacial score (nSPS) is 23.9. The molecular weight excluding hydrogens is 304 g/mol. The van der Waals surface area contributed by atoms with E-state index in [-0.39, 0.29) is 17.9 Å². The number of piperidine rings is 1. The Balaban J connectivity index is 1.30. The summed E-state index contributed by atoms with van der Waals surface area (Å²) in [5, 5.41) is 9.57. The predicted octanol–water partition coefficient (Wildman–Crippen LogP) is 2.06. The zero-order valence-corrected chi connectivity index (χ0v) is 13.6. The Hall–Kier alpha value is -2.14. The molecule has 0 radical (unpaired) electrons. The Morgan fingerprint density at radius 3 is 2.38 bits per heavy atom. The second-order valence-electron chi connectivity index (χ2n) is 7.39. The van der Waals surface area contributed by atoms with Crippen molar-refractivity contribution in [3.05, 3.63) is 42.0 Å². The molecule has 126 valence electrons. The summed E-state index contributed by atoms with van der Waals surface area (Å²) in [7, 11) is 0. The lowest BCUT2D eigenvalue weighted by atomic mass is 9.60. The highest BCUT2D eigenvalue weighted by Gasteiger charge is 2.50. The Morgan fingerprint density at radius 1 is 1.08 bits per heavy atom. The van der Waals surface area contributed by atoms with Gasteiger partial charge in [0.05, 0.1) is 0 Å². The molecule has 0 atom stereocenters. The molecule has 0 aromatic heterocycles. The molecule has 0 unspecified atom stereocenters. The summed E-state index contributed by atoms with van der Waals surface area (Å²) in [6, 6.07) is 7.53. The first-order valence-corrected chi connectivity index (χ1v) is 8.60. The lowest BCUT2D eigenvalue weighted by molar-refractivity contribution is -0.146. The van der Waals surface area contributed by atoms with Crippen molar-refractivity contribution in [3.8, 4) is 5.75 Å². The van der Waals surface area contributed by atoms with Gasteiger partial charge < -0.3 is 5.11 Å². The van der Waals surface area contributed by atoms with Gasteiger partial charge in [-0.3, -0.25) is 19.4 Å². The maximum absolute atomic E-state index is 11.8. The summed E-state index contributed by atoms with van der Waals surface area (Å²) in [5.74, 6) is 0.0127. The third-order valence-corrected chi connectivity index (χ3v) is 5.78. The number of carbonyl (C=O) groups is 2. The number of aromatic hydroxyl groups is 1. The van der Waals surface area contributed by atoms with Gasteiger partial charge in [-0.05, 0) is 61.9 Å². The van der Waals surface area contributed by atoms with Gasteiger partial charge in [0.15, 0.2) is 0 Å². The first-order valence-electron chi connectivity index (χ1n) is 8.60. The van der Waals surface area contributed by atoms with Crippen molar-refractivity contribution >= 4 is 11.8 Å². The van der Waals surface area contributed by atoms with Gasteiger partial charge in [-0.15, -0.1) is 0 Å². The molecule has 24 heavy (non-hydrogen) atoms. The van der Waals surface area contributed by atoms with E-state index in [9.17, 15) is 14.7 Å². The number of imide groups is 1. The highest BCUT2D eigenvalue weighted by Crippen LogP contribution is 2.51. The van der Waals surface area contributed by atoms with Gasteiger partial charge in [0.25, 0.3) is 11.8 Å². The summed E-state index contributed by atoms with van der Waals surface area (Å²) in [6.07, 6.45) is 6.90. The van der Waals surface area contributed by atoms with Crippen molar-refractivity contribution < 1.29 is 14.7 Å². The molecule has 1 spiro atoms. The molecule has 4 rings (SSSR count). The number of likely N-dealkylation sites (tertiary alicyclic amines) is 1. The van der Waals surface area contributed by atoms with Crippen LogP contribution in [-0.2, 0) is 16.1 Å². The number of hydrogen-bond donors (Lipinski definition) is 1. The number of phenols is 1. The molecule has 3 aliphatic rings.